The molecule has 0 radical (unpaired) electrons. The van der Waals surface area contributed by atoms with Crippen LogP contribution in [0.3, 0.4) is 0 Å². The van der Waals surface area contributed by atoms with Crippen LogP contribution in [0.1, 0.15) is 18.4 Å². The van der Waals surface area contributed by atoms with Gasteiger partial charge in [-0.3, -0.25) is 0 Å². The molecule has 1 heterocycles. The molecule has 1 aromatic rings. The van der Waals surface area contributed by atoms with Crippen molar-refractivity contribution in [2.24, 2.45) is 11.7 Å². The van der Waals surface area contributed by atoms with Crippen molar-refractivity contribution in [3.8, 4) is 5.75 Å². The maximum Gasteiger partial charge on any atom is 0.119 e. The molecule has 1 saturated heterocycles. The standard InChI is InChI=1S/C14H21NO2/c1-11-2-4-13(5-3-11)17-10-14(15)12-6-8-16-9-7-12/h2-5,12,14H,6-10,15H2,1H3. The van der Waals surface area contributed by atoms with Crippen LogP contribution < -0.4 is 10.5 Å². The molecule has 0 bridgehead atoms. The molecule has 1 aliphatic heterocycles. The molecule has 1 aromatic carbocycles. The SMILES string of the molecule is Cc1ccc(OCC(N)C2CCOCC2)cc1. The second-order valence-corrected chi connectivity index (χ2v) is 4.74. The number of hydrogen-bond donors (Lipinski definition) is 1. The first kappa shape index (κ1) is 12.4. The van der Waals surface area contributed by atoms with Crippen LogP contribution >= 0.6 is 0 Å². The van der Waals surface area contributed by atoms with Crippen molar-refractivity contribution >= 4 is 0 Å². The molecule has 0 spiro atoms. The first-order chi connectivity index (χ1) is 8.25. The monoisotopic (exact) mass is 235 g/mol. The summed E-state index contributed by atoms with van der Waals surface area (Å²) in [6, 6.07) is 8.20. The van der Waals surface area contributed by atoms with Gasteiger partial charge in [0.15, 0.2) is 0 Å². The predicted octanol–water partition coefficient (Wildman–Crippen LogP) is 2.13. The van der Waals surface area contributed by atoms with Gasteiger partial charge in [-0.15, -0.1) is 0 Å². The minimum Gasteiger partial charge on any atom is -0.492 e. The van der Waals surface area contributed by atoms with Gasteiger partial charge >= 0.3 is 0 Å². The Morgan fingerprint density at radius 1 is 1.29 bits per heavy atom. The van der Waals surface area contributed by atoms with Crippen LogP contribution in [0, 0.1) is 12.8 Å². The molecule has 0 amide bonds. The lowest BCUT2D eigenvalue weighted by Gasteiger charge is -2.27. The second-order valence-electron chi connectivity index (χ2n) is 4.74. The summed E-state index contributed by atoms with van der Waals surface area (Å²) >= 11 is 0. The quantitative estimate of drug-likeness (QED) is 0.869. The summed E-state index contributed by atoms with van der Waals surface area (Å²) in [6.07, 6.45) is 2.11. The Balaban J connectivity index is 1.78. The number of rotatable bonds is 4. The number of ether oxygens (including phenoxy) is 2. The van der Waals surface area contributed by atoms with Crippen molar-refractivity contribution in [1.29, 1.82) is 0 Å². The van der Waals surface area contributed by atoms with Crippen LogP contribution in [0.15, 0.2) is 24.3 Å². The number of aryl methyl sites for hydroxylation is 1. The van der Waals surface area contributed by atoms with E-state index in [-0.39, 0.29) is 6.04 Å². The van der Waals surface area contributed by atoms with Gasteiger partial charge in [0.05, 0.1) is 0 Å². The van der Waals surface area contributed by atoms with E-state index >= 15 is 0 Å². The Morgan fingerprint density at radius 3 is 2.59 bits per heavy atom. The zero-order chi connectivity index (χ0) is 12.1. The van der Waals surface area contributed by atoms with Gasteiger partial charge in [-0.2, -0.15) is 0 Å². The van der Waals surface area contributed by atoms with Gasteiger partial charge in [0, 0.05) is 19.3 Å². The first-order valence-electron chi connectivity index (χ1n) is 6.28. The molecule has 94 valence electrons. The molecule has 0 saturated carbocycles. The normalized spacial score (nSPS) is 18.9. The molecule has 2 rings (SSSR count). The zero-order valence-corrected chi connectivity index (χ0v) is 10.4. The lowest BCUT2D eigenvalue weighted by Crippen LogP contribution is -2.38. The van der Waals surface area contributed by atoms with E-state index in [1.165, 1.54) is 5.56 Å². The van der Waals surface area contributed by atoms with Crippen molar-refractivity contribution in [3.63, 3.8) is 0 Å². The van der Waals surface area contributed by atoms with Gasteiger partial charge in [-0.25, -0.2) is 0 Å². The summed E-state index contributed by atoms with van der Waals surface area (Å²) in [5.41, 5.74) is 7.39. The summed E-state index contributed by atoms with van der Waals surface area (Å²) in [6.45, 7) is 4.33. The van der Waals surface area contributed by atoms with E-state index in [1.54, 1.807) is 0 Å². The van der Waals surface area contributed by atoms with E-state index in [2.05, 4.69) is 19.1 Å². The third-order valence-corrected chi connectivity index (χ3v) is 3.33. The molecule has 0 aromatic heterocycles. The second kappa shape index (κ2) is 6.03. The highest BCUT2D eigenvalue weighted by molar-refractivity contribution is 5.26. The van der Waals surface area contributed by atoms with Crippen LogP contribution in [0.4, 0.5) is 0 Å². The van der Waals surface area contributed by atoms with Crippen LogP contribution in [0.5, 0.6) is 5.75 Å². The largest absolute Gasteiger partial charge is 0.492 e. The van der Waals surface area contributed by atoms with Crippen molar-refractivity contribution < 1.29 is 9.47 Å². The van der Waals surface area contributed by atoms with E-state index in [1.807, 2.05) is 12.1 Å². The number of benzene rings is 1. The highest BCUT2D eigenvalue weighted by Crippen LogP contribution is 2.19. The van der Waals surface area contributed by atoms with Crippen LogP contribution in [-0.2, 0) is 4.74 Å². The highest BCUT2D eigenvalue weighted by Gasteiger charge is 2.21. The Bertz CT molecular complexity index is 331. The maximum atomic E-state index is 6.15. The summed E-state index contributed by atoms with van der Waals surface area (Å²) in [5, 5.41) is 0. The summed E-state index contributed by atoms with van der Waals surface area (Å²) in [7, 11) is 0. The Kier molecular flexibility index (Phi) is 4.40. The molecule has 1 atom stereocenters. The lowest BCUT2D eigenvalue weighted by molar-refractivity contribution is 0.0521. The van der Waals surface area contributed by atoms with Crippen LogP contribution in [0.2, 0.25) is 0 Å². The topological polar surface area (TPSA) is 44.5 Å². The fraction of sp³-hybridized carbons (Fsp3) is 0.571. The summed E-state index contributed by atoms with van der Waals surface area (Å²) in [5.74, 6) is 1.44. The highest BCUT2D eigenvalue weighted by atomic mass is 16.5. The van der Waals surface area contributed by atoms with Crippen LogP contribution in [0.25, 0.3) is 0 Å². The van der Waals surface area contributed by atoms with Gasteiger partial charge in [0.1, 0.15) is 12.4 Å². The number of hydrogen-bond acceptors (Lipinski definition) is 3. The average Bonchev–Trinajstić information content (AvgIpc) is 2.39. The van der Waals surface area contributed by atoms with E-state index in [4.69, 9.17) is 15.2 Å². The maximum absolute atomic E-state index is 6.15. The molecule has 17 heavy (non-hydrogen) atoms. The molecule has 0 aliphatic carbocycles. The minimum absolute atomic E-state index is 0.111. The van der Waals surface area contributed by atoms with Crippen LogP contribution in [-0.4, -0.2) is 25.9 Å². The Hall–Kier alpha value is -1.06. The predicted molar refractivity (Wildman–Crippen MR) is 68.2 cm³/mol. The molecule has 2 N–H and O–H groups in total. The van der Waals surface area contributed by atoms with Gasteiger partial charge < -0.3 is 15.2 Å². The Morgan fingerprint density at radius 2 is 1.94 bits per heavy atom. The zero-order valence-electron chi connectivity index (χ0n) is 10.4. The Labute approximate surface area is 103 Å². The first-order valence-corrected chi connectivity index (χ1v) is 6.28. The van der Waals surface area contributed by atoms with E-state index in [9.17, 15) is 0 Å². The fourth-order valence-electron chi connectivity index (χ4n) is 2.11. The lowest BCUT2D eigenvalue weighted by atomic mass is 9.93. The summed E-state index contributed by atoms with van der Waals surface area (Å²) in [4.78, 5) is 0. The van der Waals surface area contributed by atoms with Crippen molar-refractivity contribution in [3.05, 3.63) is 29.8 Å². The summed E-state index contributed by atoms with van der Waals surface area (Å²) < 4.78 is 11.0. The molecular formula is C14H21NO2. The molecule has 3 nitrogen and oxygen atoms in total. The van der Waals surface area contributed by atoms with Gasteiger partial charge in [-0.05, 0) is 37.8 Å². The smallest absolute Gasteiger partial charge is 0.119 e. The van der Waals surface area contributed by atoms with E-state index < -0.39 is 0 Å². The van der Waals surface area contributed by atoms with Crippen molar-refractivity contribution in [2.45, 2.75) is 25.8 Å². The van der Waals surface area contributed by atoms with Gasteiger partial charge in [-0.1, -0.05) is 17.7 Å². The minimum atomic E-state index is 0.111. The van der Waals surface area contributed by atoms with E-state index in [0.29, 0.717) is 12.5 Å². The van der Waals surface area contributed by atoms with Gasteiger partial charge in [0.25, 0.3) is 0 Å². The third-order valence-electron chi connectivity index (χ3n) is 3.33. The van der Waals surface area contributed by atoms with Gasteiger partial charge in [0.2, 0.25) is 0 Å². The van der Waals surface area contributed by atoms with Crippen molar-refractivity contribution in [2.75, 3.05) is 19.8 Å². The fourth-order valence-corrected chi connectivity index (χ4v) is 2.11. The van der Waals surface area contributed by atoms with E-state index in [0.717, 1.165) is 31.8 Å². The molecule has 1 fully saturated rings. The third kappa shape index (κ3) is 3.72. The molecule has 3 heteroatoms. The molecular weight excluding hydrogens is 214 g/mol. The number of nitrogens with two attached hydrogens (primary N) is 1. The molecule has 1 unspecified atom stereocenters. The van der Waals surface area contributed by atoms with Crippen molar-refractivity contribution in [1.82, 2.24) is 0 Å². The molecule has 1 aliphatic rings. The average molecular weight is 235 g/mol.